The molecule has 4 aliphatic rings. The summed E-state index contributed by atoms with van der Waals surface area (Å²) in [5.74, 6) is 3.29. The van der Waals surface area contributed by atoms with E-state index in [1.807, 2.05) is 24.3 Å². The van der Waals surface area contributed by atoms with E-state index >= 15 is 0 Å². The van der Waals surface area contributed by atoms with Crippen LogP contribution in [0.15, 0.2) is 24.3 Å². The van der Waals surface area contributed by atoms with Crippen LogP contribution in [-0.4, -0.2) is 15.6 Å². The van der Waals surface area contributed by atoms with Gasteiger partial charge in [0, 0.05) is 17.5 Å². The fourth-order valence-corrected chi connectivity index (χ4v) is 8.45. The maximum absolute atomic E-state index is 12.7. The van der Waals surface area contributed by atoms with Crippen LogP contribution in [-0.2, 0) is 17.6 Å². The van der Waals surface area contributed by atoms with Gasteiger partial charge in [-0.1, -0.05) is 13.8 Å². The van der Waals surface area contributed by atoms with E-state index in [1.54, 1.807) is 0 Å². The molecule has 4 aliphatic carbocycles. The van der Waals surface area contributed by atoms with Crippen molar-refractivity contribution in [1.82, 2.24) is 9.78 Å². The maximum atomic E-state index is 12.7. The van der Waals surface area contributed by atoms with Gasteiger partial charge in [-0.25, -0.2) is 4.68 Å². The summed E-state index contributed by atoms with van der Waals surface area (Å²) in [4.78, 5) is 12.7. The zero-order chi connectivity index (χ0) is 22.3. The highest BCUT2D eigenvalue weighted by Gasteiger charge is 2.60. The Labute approximate surface area is 191 Å². The van der Waals surface area contributed by atoms with Gasteiger partial charge in [0.2, 0.25) is 0 Å². The van der Waals surface area contributed by atoms with Crippen LogP contribution in [0.4, 0.5) is 0 Å². The van der Waals surface area contributed by atoms with E-state index < -0.39 is 0 Å². The Hall–Kier alpha value is -2.41. The summed E-state index contributed by atoms with van der Waals surface area (Å²) >= 11 is 0. The quantitative estimate of drug-likeness (QED) is 0.597. The number of aromatic nitrogens is 2. The van der Waals surface area contributed by atoms with E-state index in [0.717, 1.165) is 49.6 Å². The second-order valence-electron chi connectivity index (χ2n) is 11.5. The number of carbonyl (C=O) groups excluding carboxylic acids is 1. The van der Waals surface area contributed by atoms with Crippen molar-refractivity contribution in [2.45, 2.75) is 72.1 Å². The van der Waals surface area contributed by atoms with Crippen molar-refractivity contribution < 1.29 is 4.79 Å². The lowest BCUT2D eigenvalue weighted by Crippen LogP contribution is -2.54. The summed E-state index contributed by atoms with van der Waals surface area (Å²) < 4.78 is 2.09. The molecule has 0 saturated heterocycles. The van der Waals surface area contributed by atoms with Gasteiger partial charge in [0.05, 0.1) is 23.0 Å². The molecule has 0 N–H and O–H groups in total. The maximum Gasteiger partial charge on any atom is 0.139 e. The molecule has 3 saturated carbocycles. The van der Waals surface area contributed by atoms with Crippen molar-refractivity contribution in [2.75, 3.05) is 0 Å². The lowest BCUT2D eigenvalue weighted by atomic mass is 9.45. The van der Waals surface area contributed by atoms with Gasteiger partial charge in [-0.2, -0.15) is 10.4 Å². The molecular weight excluding hydrogens is 394 g/mol. The van der Waals surface area contributed by atoms with Crippen molar-refractivity contribution in [3.8, 4) is 11.8 Å². The van der Waals surface area contributed by atoms with Crippen LogP contribution in [0.1, 0.15) is 74.9 Å². The fraction of sp³-hybridized carbons (Fsp3) is 0.607. The molecule has 0 radical (unpaired) electrons. The SMILES string of the molecule is Cc1c2c(nn1-c1ccc(C#N)cc1)C[C@@H]1CC[C@@H]3[C@H](CC[C@]4(C)C(=O)CC[C@@H]34)[C@@]1(C)C2. The zero-order valence-electron chi connectivity index (χ0n) is 19.5. The van der Waals surface area contributed by atoms with Crippen LogP contribution in [0.2, 0.25) is 0 Å². The van der Waals surface area contributed by atoms with Gasteiger partial charge in [0.1, 0.15) is 5.78 Å². The number of nitrogens with zero attached hydrogens (tertiary/aromatic N) is 3. The standard InChI is InChI=1S/C28H33N3O/c1-17-22-15-28(3)19(14-25(22)30-31(17)20-7-4-18(16-29)5-8-20)6-9-21-23-10-11-26(32)27(23,2)13-12-24(21)28/h4-5,7-8,19,21,23-24H,6,9-15H2,1-3H3/t19-,21-,23-,24-,27-,28-/m0/s1. The summed E-state index contributed by atoms with van der Waals surface area (Å²) in [5, 5.41) is 14.2. The van der Waals surface area contributed by atoms with Crippen LogP contribution >= 0.6 is 0 Å². The highest BCUT2D eigenvalue weighted by atomic mass is 16.1. The van der Waals surface area contributed by atoms with Crippen LogP contribution in [0, 0.1) is 52.8 Å². The van der Waals surface area contributed by atoms with Crippen molar-refractivity contribution in [1.29, 1.82) is 5.26 Å². The zero-order valence-corrected chi connectivity index (χ0v) is 19.5. The first-order valence-electron chi connectivity index (χ1n) is 12.5. The molecule has 1 heterocycles. The van der Waals surface area contributed by atoms with Gasteiger partial charge in [0.15, 0.2) is 0 Å². The Bertz CT molecular complexity index is 1140. The van der Waals surface area contributed by atoms with E-state index in [9.17, 15) is 4.79 Å². The first kappa shape index (κ1) is 20.2. The third-order valence-electron chi connectivity index (χ3n) is 10.3. The molecule has 1 aromatic heterocycles. The first-order chi connectivity index (χ1) is 15.3. The van der Waals surface area contributed by atoms with Crippen LogP contribution in [0.25, 0.3) is 5.69 Å². The highest BCUT2D eigenvalue weighted by molar-refractivity contribution is 5.87. The van der Waals surface area contributed by atoms with E-state index in [4.69, 9.17) is 10.4 Å². The third kappa shape index (κ3) is 2.60. The molecule has 1 aromatic carbocycles. The summed E-state index contributed by atoms with van der Waals surface area (Å²) in [5.41, 5.74) is 5.98. The molecule has 0 aliphatic heterocycles. The van der Waals surface area contributed by atoms with Crippen molar-refractivity contribution in [3.63, 3.8) is 0 Å². The Morgan fingerprint density at radius 2 is 1.88 bits per heavy atom. The smallest absolute Gasteiger partial charge is 0.139 e. The monoisotopic (exact) mass is 427 g/mol. The van der Waals surface area contributed by atoms with E-state index in [2.05, 4.69) is 31.5 Å². The number of benzene rings is 1. The molecule has 2 aromatic rings. The molecular formula is C28H33N3O. The number of hydrogen-bond acceptors (Lipinski definition) is 3. The molecule has 32 heavy (non-hydrogen) atoms. The molecule has 0 amide bonds. The first-order valence-corrected chi connectivity index (χ1v) is 12.5. The van der Waals surface area contributed by atoms with Gasteiger partial charge < -0.3 is 0 Å². The molecule has 0 spiro atoms. The Morgan fingerprint density at radius 1 is 1.09 bits per heavy atom. The Morgan fingerprint density at radius 3 is 2.62 bits per heavy atom. The minimum atomic E-state index is -0.0411. The Kier molecular flexibility index (Phi) is 4.29. The number of hydrogen-bond donors (Lipinski definition) is 0. The second-order valence-corrected chi connectivity index (χ2v) is 11.5. The van der Waals surface area contributed by atoms with Crippen molar-refractivity contribution in [3.05, 3.63) is 46.8 Å². The molecule has 4 heteroatoms. The number of Topliss-reactive ketones (excluding diaryl/α,β-unsaturated/α-hetero) is 1. The summed E-state index contributed by atoms with van der Waals surface area (Å²) in [6.45, 7) is 7.05. The van der Waals surface area contributed by atoms with Gasteiger partial charge >= 0.3 is 0 Å². The molecule has 166 valence electrons. The van der Waals surface area contributed by atoms with E-state index in [-0.39, 0.29) is 5.41 Å². The molecule has 6 atom stereocenters. The Balaban J connectivity index is 1.35. The van der Waals surface area contributed by atoms with Crippen LogP contribution in [0.5, 0.6) is 0 Å². The number of rotatable bonds is 1. The summed E-state index contributed by atoms with van der Waals surface area (Å²) in [6, 6.07) is 9.98. The fourth-order valence-electron chi connectivity index (χ4n) is 8.45. The molecule has 0 unspecified atom stereocenters. The lowest BCUT2D eigenvalue weighted by Gasteiger charge is -2.59. The lowest BCUT2D eigenvalue weighted by molar-refractivity contribution is -0.136. The molecule has 0 bridgehead atoms. The van der Waals surface area contributed by atoms with Crippen molar-refractivity contribution >= 4 is 5.78 Å². The second kappa shape index (κ2) is 6.80. The highest BCUT2D eigenvalue weighted by Crippen LogP contribution is 2.64. The summed E-state index contributed by atoms with van der Waals surface area (Å²) in [6.07, 6.45) is 9.02. The number of nitriles is 1. The van der Waals surface area contributed by atoms with Gasteiger partial charge in [0.25, 0.3) is 0 Å². The molecule has 3 fully saturated rings. The minimum absolute atomic E-state index is 0.0411. The van der Waals surface area contributed by atoms with Gasteiger partial charge in [-0.3, -0.25) is 4.79 Å². The van der Waals surface area contributed by atoms with Gasteiger partial charge in [-0.15, -0.1) is 0 Å². The number of carbonyl (C=O) groups is 1. The van der Waals surface area contributed by atoms with Crippen LogP contribution in [0.3, 0.4) is 0 Å². The van der Waals surface area contributed by atoms with E-state index in [0.29, 0.717) is 28.6 Å². The van der Waals surface area contributed by atoms with E-state index in [1.165, 1.54) is 36.2 Å². The summed E-state index contributed by atoms with van der Waals surface area (Å²) in [7, 11) is 0. The molecule has 4 nitrogen and oxygen atoms in total. The average molecular weight is 428 g/mol. The third-order valence-corrected chi connectivity index (χ3v) is 10.3. The predicted molar refractivity (Wildman–Crippen MR) is 123 cm³/mol. The topological polar surface area (TPSA) is 58.7 Å². The predicted octanol–water partition coefficient (Wildman–Crippen LogP) is 5.58. The van der Waals surface area contributed by atoms with Crippen molar-refractivity contribution in [2.24, 2.45) is 34.5 Å². The molecule has 6 rings (SSSR count). The van der Waals surface area contributed by atoms with Crippen LogP contribution < -0.4 is 0 Å². The number of ketones is 1. The normalized spacial score (nSPS) is 37.8. The largest absolute Gasteiger partial charge is 0.299 e. The number of fused-ring (bicyclic) bond motifs is 6. The minimum Gasteiger partial charge on any atom is -0.299 e. The van der Waals surface area contributed by atoms with Gasteiger partial charge in [-0.05, 0) is 111 Å². The average Bonchev–Trinajstić information content (AvgIpc) is 3.28.